The van der Waals surface area contributed by atoms with E-state index >= 15 is 0 Å². The van der Waals surface area contributed by atoms with E-state index in [4.69, 9.17) is 9.84 Å². The third kappa shape index (κ3) is 5.25. The summed E-state index contributed by atoms with van der Waals surface area (Å²) in [5.74, 6) is -1.63. The summed E-state index contributed by atoms with van der Waals surface area (Å²) in [6.45, 7) is 1.71. The van der Waals surface area contributed by atoms with Crippen LogP contribution in [0.1, 0.15) is 36.1 Å². The van der Waals surface area contributed by atoms with Crippen molar-refractivity contribution in [2.75, 3.05) is 6.61 Å². The zero-order valence-electron chi connectivity index (χ0n) is 18.7. The van der Waals surface area contributed by atoms with Gasteiger partial charge in [0.15, 0.2) is 0 Å². The van der Waals surface area contributed by atoms with Crippen LogP contribution >= 0.6 is 0 Å². The van der Waals surface area contributed by atoms with Crippen LogP contribution in [0, 0.1) is 0 Å². The molecular weight excluding hydrogens is 436 g/mol. The Morgan fingerprint density at radius 1 is 1.06 bits per heavy atom. The lowest BCUT2D eigenvalue weighted by molar-refractivity contribution is -0.137. The summed E-state index contributed by atoms with van der Waals surface area (Å²) < 4.78 is 5.56. The minimum Gasteiger partial charge on any atom is -0.481 e. The van der Waals surface area contributed by atoms with Gasteiger partial charge in [-0.25, -0.2) is 9.78 Å². The van der Waals surface area contributed by atoms with Crippen molar-refractivity contribution in [3.63, 3.8) is 0 Å². The van der Waals surface area contributed by atoms with Gasteiger partial charge in [-0.15, -0.1) is 0 Å². The molecule has 34 heavy (non-hydrogen) atoms. The summed E-state index contributed by atoms with van der Waals surface area (Å²) in [7, 11) is 0. The summed E-state index contributed by atoms with van der Waals surface area (Å²) in [5, 5.41) is 14.2. The number of nitrogens with one attached hydrogen (secondary N) is 3. The number of aromatic nitrogens is 2. The Morgan fingerprint density at radius 2 is 1.71 bits per heavy atom. The van der Waals surface area contributed by atoms with Crippen LogP contribution in [0.3, 0.4) is 0 Å². The number of hydrogen-bond acceptors (Lipinski definition) is 5. The first-order valence-corrected chi connectivity index (χ1v) is 11.0. The molecule has 0 aliphatic heterocycles. The number of carbonyl (C=O) groups is 3. The number of carboxylic acids is 1. The Kier molecular flexibility index (Phi) is 6.91. The molecule has 2 aromatic carbocycles. The second-order valence-electron chi connectivity index (χ2n) is 8.31. The van der Waals surface area contributed by atoms with Crippen molar-refractivity contribution < 1.29 is 24.2 Å². The molecule has 2 amide bonds. The third-order valence-electron chi connectivity index (χ3n) is 5.80. The number of aromatic amines is 1. The van der Waals surface area contributed by atoms with Gasteiger partial charge in [-0.05, 0) is 29.2 Å². The van der Waals surface area contributed by atoms with Gasteiger partial charge in [0.25, 0.3) is 0 Å². The molecule has 1 aromatic heterocycles. The molecule has 1 aliphatic carbocycles. The van der Waals surface area contributed by atoms with Gasteiger partial charge in [-0.3, -0.25) is 9.59 Å². The smallest absolute Gasteiger partial charge is 0.407 e. The summed E-state index contributed by atoms with van der Waals surface area (Å²) in [5.41, 5.74) is 5.06. The standard InChI is InChI=1S/C25H26N4O5/c1-15(10-23(30)31)28-24(32)22(11-16-12-26-14-27-16)29-25(33)34-13-21-19-8-4-2-6-17(19)18-7-3-5-9-20(18)21/h2-9,12,14-15,21-22H,10-11,13H2,1H3,(H,26,27)(H,28,32)(H,29,33)(H,30,31)/t15-,22+/m1/s1. The summed E-state index contributed by atoms with van der Waals surface area (Å²) >= 11 is 0. The number of imidazole rings is 1. The second kappa shape index (κ2) is 10.2. The molecule has 176 valence electrons. The third-order valence-corrected chi connectivity index (χ3v) is 5.80. The van der Waals surface area contributed by atoms with E-state index < -0.39 is 30.1 Å². The van der Waals surface area contributed by atoms with Crippen molar-refractivity contribution in [2.24, 2.45) is 0 Å². The van der Waals surface area contributed by atoms with Crippen molar-refractivity contribution in [3.8, 4) is 11.1 Å². The lowest BCUT2D eigenvalue weighted by atomic mass is 9.98. The van der Waals surface area contributed by atoms with Gasteiger partial charge in [-0.2, -0.15) is 0 Å². The van der Waals surface area contributed by atoms with E-state index in [0.717, 1.165) is 22.3 Å². The molecule has 2 atom stereocenters. The van der Waals surface area contributed by atoms with E-state index in [1.165, 1.54) is 6.33 Å². The van der Waals surface area contributed by atoms with Gasteiger partial charge < -0.3 is 25.5 Å². The molecule has 1 aliphatic rings. The zero-order valence-corrected chi connectivity index (χ0v) is 18.7. The van der Waals surface area contributed by atoms with E-state index in [0.29, 0.717) is 5.69 Å². The number of ether oxygens (including phenoxy) is 1. The van der Waals surface area contributed by atoms with Gasteiger partial charge in [0, 0.05) is 30.3 Å². The van der Waals surface area contributed by atoms with Crippen LogP contribution in [-0.2, 0) is 20.7 Å². The van der Waals surface area contributed by atoms with Gasteiger partial charge in [0.05, 0.1) is 12.7 Å². The van der Waals surface area contributed by atoms with Crippen molar-refractivity contribution in [1.82, 2.24) is 20.6 Å². The number of carboxylic acid groups (broad SMARTS) is 1. The lowest BCUT2D eigenvalue weighted by Gasteiger charge is -2.21. The SMILES string of the molecule is C[C@H](CC(=O)O)NC(=O)[C@H](Cc1cnc[nH]1)NC(=O)OCC1c2ccccc2-c2ccccc21. The topological polar surface area (TPSA) is 133 Å². The van der Waals surface area contributed by atoms with Crippen LogP contribution < -0.4 is 10.6 Å². The number of alkyl carbamates (subject to hydrolysis) is 1. The average Bonchev–Trinajstić information content (AvgIpc) is 3.42. The molecule has 3 aromatic rings. The fourth-order valence-electron chi connectivity index (χ4n) is 4.26. The van der Waals surface area contributed by atoms with Gasteiger partial charge in [0.1, 0.15) is 12.6 Å². The largest absolute Gasteiger partial charge is 0.481 e. The van der Waals surface area contributed by atoms with Crippen LogP contribution in [0.5, 0.6) is 0 Å². The first kappa shape index (κ1) is 23.0. The van der Waals surface area contributed by atoms with Crippen LogP contribution in [0.15, 0.2) is 61.1 Å². The maximum Gasteiger partial charge on any atom is 0.407 e. The Labute approximate surface area is 196 Å². The Morgan fingerprint density at radius 3 is 2.29 bits per heavy atom. The first-order valence-electron chi connectivity index (χ1n) is 11.0. The highest BCUT2D eigenvalue weighted by molar-refractivity contribution is 5.86. The number of fused-ring (bicyclic) bond motifs is 3. The predicted octanol–water partition coefficient (Wildman–Crippen LogP) is 2.84. The molecule has 4 rings (SSSR count). The quantitative estimate of drug-likeness (QED) is 0.386. The highest BCUT2D eigenvalue weighted by atomic mass is 16.5. The summed E-state index contributed by atoms with van der Waals surface area (Å²) in [6.07, 6.45) is 2.22. The summed E-state index contributed by atoms with van der Waals surface area (Å²) in [4.78, 5) is 43.2. The summed E-state index contributed by atoms with van der Waals surface area (Å²) in [6, 6.07) is 14.5. The van der Waals surface area contributed by atoms with E-state index in [1.807, 2.05) is 36.4 Å². The highest BCUT2D eigenvalue weighted by Gasteiger charge is 2.30. The van der Waals surface area contributed by atoms with Crippen molar-refractivity contribution in [1.29, 1.82) is 0 Å². The Bertz CT molecular complexity index is 1130. The van der Waals surface area contributed by atoms with Gasteiger partial charge >= 0.3 is 12.1 Å². The monoisotopic (exact) mass is 462 g/mol. The second-order valence-corrected chi connectivity index (χ2v) is 8.31. The lowest BCUT2D eigenvalue weighted by Crippen LogP contribution is -2.50. The van der Waals surface area contributed by atoms with E-state index in [2.05, 4.69) is 32.7 Å². The molecule has 0 bridgehead atoms. The fraction of sp³-hybridized carbons (Fsp3) is 0.280. The molecule has 0 spiro atoms. The van der Waals surface area contributed by atoms with E-state index in [9.17, 15) is 14.4 Å². The number of amides is 2. The minimum atomic E-state index is -1.03. The number of aliphatic carboxylic acids is 1. The van der Waals surface area contributed by atoms with Crippen LogP contribution in [0.2, 0.25) is 0 Å². The predicted molar refractivity (Wildman–Crippen MR) is 124 cm³/mol. The first-order chi connectivity index (χ1) is 16.4. The van der Waals surface area contributed by atoms with Crippen molar-refractivity contribution in [3.05, 3.63) is 77.9 Å². The maximum absolute atomic E-state index is 12.8. The van der Waals surface area contributed by atoms with E-state index in [1.54, 1.807) is 13.1 Å². The molecule has 0 saturated heterocycles. The molecule has 0 radical (unpaired) electrons. The molecule has 4 N–H and O–H groups in total. The zero-order chi connectivity index (χ0) is 24.1. The maximum atomic E-state index is 12.8. The van der Waals surface area contributed by atoms with Gasteiger partial charge in [0.2, 0.25) is 5.91 Å². The number of H-pyrrole nitrogens is 1. The number of nitrogens with zero attached hydrogens (tertiary/aromatic N) is 1. The number of rotatable bonds is 9. The highest BCUT2D eigenvalue weighted by Crippen LogP contribution is 2.44. The van der Waals surface area contributed by atoms with Crippen LogP contribution in [0.25, 0.3) is 11.1 Å². The molecule has 0 saturated carbocycles. The molecular formula is C25H26N4O5. The number of benzene rings is 2. The molecule has 9 nitrogen and oxygen atoms in total. The van der Waals surface area contributed by atoms with E-state index in [-0.39, 0.29) is 25.4 Å². The molecule has 1 heterocycles. The molecule has 0 fully saturated rings. The fourth-order valence-corrected chi connectivity index (χ4v) is 4.26. The molecule has 0 unspecified atom stereocenters. The van der Waals surface area contributed by atoms with Gasteiger partial charge in [-0.1, -0.05) is 48.5 Å². The average molecular weight is 463 g/mol. The van der Waals surface area contributed by atoms with Crippen molar-refractivity contribution >= 4 is 18.0 Å². The van der Waals surface area contributed by atoms with Crippen LogP contribution in [-0.4, -0.2) is 51.7 Å². The normalized spacial score (nSPS) is 13.9. The number of carbonyl (C=O) groups excluding carboxylic acids is 2. The minimum absolute atomic E-state index is 0.103. The Hall–Kier alpha value is -4.14. The van der Waals surface area contributed by atoms with Crippen molar-refractivity contribution in [2.45, 2.75) is 37.8 Å². The Balaban J connectivity index is 1.43. The molecule has 9 heteroatoms. The van der Waals surface area contributed by atoms with Crippen LogP contribution in [0.4, 0.5) is 4.79 Å². The number of hydrogen-bond donors (Lipinski definition) is 4.